The lowest BCUT2D eigenvalue weighted by Crippen LogP contribution is -2.18. The Labute approximate surface area is 119 Å². The molecule has 0 heterocycles. The lowest BCUT2D eigenvalue weighted by atomic mass is 9.98. The monoisotopic (exact) mass is 273 g/mol. The van der Waals surface area contributed by atoms with Gasteiger partial charge in [0.15, 0.2) is 0 Å². The first-order valence-corrected chi connectivity index (χ1v) is 7.46. The lowest BCUT2D eigenvalue weighted by Gasteiger charge is -2.20. The zero-order valence-electron chi connectivity index (χ0n) is 11.5. The summed E-state index contributed by atoms with van der Waals surface area (Å²) in [6.07, 6.45) is 2.11. The smallest absolute Gasteiger partial charge is 0.119 e. The summed E-state index contributed by atoms with van der Waals surface area (Å²) in [5, 5.41) is 3.39. The Kier molecular flexibility index (Phi) is 4.88. The summed E-state index contributed by atoms with van der Waals surface area (Å²) < 4.78 is 5.31. The van der Waals surface area contributed by atoms with Gasteiger partial charge in [-0.3, -0.25) is 0 Å². The number of hydrogen-bond acceptors (Lipinski definition) is 3. The van der Waals surface area contributed by atoms with E-state index < -0.39 is 0 Å². The Morgan fingerprint density at radius 1 is 1.11 bits per heavy atom. The molecule has 0 saturated heterocycles. The number of benzene rings is 2. The first-order valence-electron chi connectivity index (χ1n) is 6.24. The standard InChI is InChI=1S/C16H19NOS/c1-17-16(12-7-6-8-13(11-12)18-2)14-9-4-5-10-15(14)19-3/h4-11,16-17H,1-3H3. The van der Waals surface area contributed by atoms with Crippen LogP contribution < -0.4 is 10.1 Å². The molecular formula is C16H19NOS. The molecule has 0 aliphatic rings. The van der Waals surface area contributed by atoms with E-state index >= 15 is 0 Å². The van der Waals surface area contributed by atoms with Crippen molar-refractivity contribution in [3.05, 3.63) is 59.7 Å². The van der Waals surface area contributed by atoms with Gasteiger partial charge in [0.1, 0.15) is 5.75 Å². The van der Waals surface area contributed by atoms with Gasteiger partial charge in [-0.25, -0.2) is 0 Å². The summed E-state index contributed by atoms with van der Waals surface area (Å²) >= 11 is 1.77. The van der Waals surface area contributed by atoms with Gasteiger partial charge < -0.3 is 10.1 Å². The maximum absolute atomic E-state index is 5.31. The molecule has 1 atom stereocenters. The molecule has 1 N–H and O–H groups in total. The van der Waals surface area contributed by atoms with E-state index in [1.807, 2.05) is 19.2 Å². The first-order chi connectivity index (χ1) is 9.30. The SMILES string of the molecule is CNC(c1cccc(OC)c1)c1ccccc1SC. The van der Waals surface area contributed by atoms with Gasteiger partial charge >= 0.3 is 0 Å². The molecule has 0 aromatic heterocycles. The van der Waals surface area contributed by atoms with Gasteiger partial charge in [0, 0.05) is 4.90 Å². The van der Waals surface area contributed by atoms with Crippen LogP contribution in [0.15, 0.2) is 53.4 Å². The van der Waals surface area contributed by atoms with Crippen molar-refractivity contribution in [2.75, 3.05) is 20.4 Å². The van der Waals surface area contributed by atoms with Crippen molar-refractivity contribution in [1.82, 2.24) is 5.32 Å². The highest BCUT2D eigenvalue weighted by Crippen LogP contribution is 2.31. The van der Waals surface area contributed by atoms with Crippen LogP contribution in [0.5, 0.6) is 5.75 Å². The molecule has 0 bridgehead atoms. The molecule has 2 aromatic rings. The predicted molar refractivity (Wildman–Crippen MR) is 82.1 cm³/mol. The third-order valence-corrected chi connectivity index (χ3v) is 3.98. The minimum atomic E-state index is 0.179. The third-order valence-electron chi connectivity index (χ3n) is 3.17. The average molecular weight is 273 g/mol. The van der Waals surface area contributed by atoms with Crippen molar-refractivity contribution in [3.8, 4) is 5.75 Å². The van der Waals surface area contributed by atoms with Crippen molar-refractivity contribution < 1.29 is 4.74 Å². The molecule has 2 rings (SSSR count). The minimum absolute atomic E-state index is 0.179. The van der Waals surface area contributed by atoms with E-state index in [-0.39, 0.29) is 6.04 Å². The molecule has 0 fully saturated rings. The molecular weight excluding hydrogens is 254 g/mol. The number of rotatable bonds is 5. The molecule has 3 heteroatoms. The average Bonchev–Trinajstić information content (AvgIpc) is 2.49. The lowest BCUT2D eigenvalue weighted by molar-refractivity contribution is 0.413. The second-order valence-electron chi connectivity index (χ2n) is 4.24. The van der Waals surface area contributed by atoms with Gasteiger partial charge in [0.2, 0.25) is 0 Å². The predicted octanol–water partition coefficient (Wildman–Crippen LogP) is 3.73. The van der Waals surface area contributed by atoms with Crippen LogP contribution in [0, 0.1) is 0 Å². The van der Waals surface area contributed by atoms with E-state index in [0.717, 1.165) is 5.75 Å². The number of hydrogen-bond donors (Lipinski definition) is 1. The molecule has 0 spiro atoms. The summed E-state index contributed by atoms with van der Waals surface area (Å²) in [4.78, 5) is 1.30. The van der Waals surface area contributed by atoms with Crippen molar-refractivity contribution in [3.63, 3.8) is 0 Å². The Bertz CT molecular complexity index is 542. The number of ether oxygens (including phenoxy) is 1. The third kappa shape index (κ3) is 3.11. The van der Waals surface area contributed by atoms with Crippen LogP contribution in [-0.2, 0) is 0 Å². The normalized spacial score (nSPS) is 12.2. The summed E-state index contributed by atoms with van der Waals surface area (Å²) in [6.45, 7) is 0. The highest BCUT2D eigenvalue weighted by molar-refractivity contribution is 7.98. The van der Waals surface area contributed by atoms with Gasteiger partial charge in [-0.05, 0) is 42.6 Å². The minimum Gasteiger partial charge on any atom is -0.497 e. The zero-order chi connectivity index (χ0) is 13.7. The Morgan fingerprint density at radius 3 is 2.58 bits per heavy atom. The van der Waals surface area contributed by atoms with E-state index in [9.17, 15) is 0 Å². The van der Waals surface area contributed by atoms with Crippen molar-refractivity contribution in [2.24, 2.45) is 0 Å². The van der Waals surface area contributed by atoms with E-state index in [1.54, 1.807) is 18.9 Å². The van der Waals surface area contributed by atoms with Crippen LogP contribution in [0.25, 0.3) is 0 Å². The highest BCUT2D eigenvalue weighted by atomic mass is 32.2. The summed E-state index contributed by atoms with van der Waals surface area (Å²) in [5.74, 6) is 0.888. The van der Waals surface area contributed by atoms with Gasteiger partial charge in [-0.1, -0.05) is 30.3 Å². The zero-order valence-corrected chi connectivity index (χ0v) is 12.3. The first kappa shape index (κ1) is 14.0. The maximum atomic E-state index is 5.31. The van der Waals surface area contributed by atoms with Gasteiger partial charge in [-0.15, -0.1) is 11.8 Å². The van der Waals surface area contributed by atoms with E-state index in [1.165, 1.54) is 16.0 Å². The summed E-state index contributed by atoms with van der Waals surface area (Å²) in [6, 6.07) is 16.9. The summed E-state index contributed by atoms with van der Waals surface area (Å²) in [7, 11) is 3.69. The molecule has 0 aliphatic carbocycles. The molecule has 0 saturated carbocycles. The molecule has 2 nitrogen and oxygen atoms in total. The van der Waals surface area contributed by atoms with Crippen molar-refractivity contribution in [1.29, 1.82) is 0 Å². The fourth-order valence-corrected chi connectivity index (χ4v) is 2.86. The molecule has 19 heavy (non-hydrogen) atoms. The largest absolute Gasteiger partial charge is 0.497 e. The van der Waals surface area contributed by atoms with Crippen LogP contribution in [0.1, 0.15) is 17.2 Å². The molecule has 0 aliphatic heterocycles. The molecule has 0 amide bonds. The van der Waals surface area contributed by atoms with Crippen LogP contribution >= 0.6 is 11.8 Å². The Balaban J connectivity index is 2.43. The van der Waals surface area contributed by atoms with E-state index in [4.69, 9.17) is 4.74 Å². The van der Waals surface area contributed by atoms with Crippen LogP contribution in [0.3, 0.4) is 0 Å². The maximum Gasteiger partial charge on any atom is 0.119 e. The van der Waals surface area contributed by atoms with Crippen molar-refractivity contribution in [2.45, 2.75) is 10.9 Å². The van der Waals surface area contributed by atoms with Crippen LogP contribution in [0.4, 0.5) is 0 Å². The highest BCUT2D eigenvalue weighted by Gasteiger charge is 2.15. The van der Waals surface area contributed by atoms with Gasteiger partial charge in [0.25, 0.3) is 0 Å². The second-order valence-corrected chi connectivity index (χ2v) is 5.09. The topological polar surface area (TPSA) is 21.3 Å². The number of nitrogens with one attached hydrogen (secondary N) is 1. The molecule has 2 aromatic carbocycles. The number of methoxy groups -OCH3 is 1. The number of thioether (sulfide) groups is 1. The molecule has 1 unspecified atom stereocenters. The molecule has 100 valence electrons. The fraction of sp³-hybridized carbons (Fsp3) is 0.250. The Morgan fingerprint density at radius 2 is 1.89 bits per heavy atom. The van der Waals surface area contributed by atoms with E-state index in [2.05, 4.69) is 48.0 Å². The fourth-order valence-electron chi connectivity index (χ4n) is 2.23. The van der Waals surface area contributed by atoms with E-state index in [0.29, 0.717) is 0 Å². The summed E-state index contributed by atoms with van der Waals surface area (Å²) in [5.41, 5.74) is 2.51. The second kappa shape index (κ2) is 6.64. The van der Waals surface area contributed by atoms with Crippen LogP contribution in [-0.4, -0.2) is 20.4 Å². The van der Waals surface area contributed by atoms with Crippen LogP contribution in [0.2, 0.25) is 0 Å². The Hall–Kier alpha value is -1.45. The molecule has 0 radical (unpaired) electrons. The van der Waals surface area contributed by atoms with Crippen molar-refractivity contribution >= 4 is 11.8 Å². The van der Waals surface area contributed by atoms with Gasteiger partial charge in [0.05, 0.1) is 13.2 Å². The quantitative estimate of drug-likeness (QED) is 0.839. The van der Waals surface area contributed by atoms with Gasteiger partial charge in [-0.2, -0.15) is 0 Å².